The maximum Gasteiger partial charge on any atom is 0.248 e. The van der Waals surface area contributed by atoms with Gasteiger partial charge in [0, 0.05) is 42.6 Å². The zero-order valence-corrected chi connectivity index (χ0v) is 18.0. The Labute approximate surface area is 181 Å². The molecule has 9 heteroatoms. The fourth-order valence-electron chi connectivity index (χ4n) is 3.73. The zero-order valence-electron chi connectivity index (χ0n) is 17.2. The molecule has 1 saturated heterocycles. The number of aromatic nitrogens is 4. The second-order valence-corrected chi connectivity index (χ2v) is 7.92. The van der Waals surface area contributed by atoms with Crippen LogP contribution in [0.1, 0.15) is 32.2 Å². The number of likely N-dealkylation sites (tertiary alicyclic amines) is 1. The molecule has 0 aliphatic carbocycles. The molecule has 3 aromatic rings. The third-order valence-corrected chi connectivity index (χ3v) is 5.61. The normalized spacial score (nSPS) is 19.8. The number of halogens is 1. The summed E-state index contributed by atoms with van der Waals surface area (Å²) in [5.41, 5.74) is 0.821. The lowest BCUT2D eigenvalue weighted by Crippen LogP contribution is -2.49. The Kier molecular flexibility index (Phi) is 6.32. The van der Waals surface area contributed by atoms with Crippen molar-refractivity contribution < 1.29 is 4.52 Å². The number of benzene rings is 1. The topological polar surface area (TPSA) is 84.4 Å². The number of hydrogen-bond acceptors (Lipinski definition) is 5. The highest BCUT2D eigenvalue weighted by Gasteiger charge is 2.29. The van der Waals surface area contributed by atoms with E-state index in [-0.39, 0.29) is 0 Å². The Morgan fingerprint density at radius 3 is 3.07 bits per heavy atom. The molecule has 0 spiro atoms. The first kappa shape index (κ1) is 20.4. The number of guanidine groups is 1. The van der Waals surface area contributed by atoms with Gasteiger partial charge in [0.15, 0.2) is 5.96 Å². The predicted octanol–water partition coefficient (Wildman–Crippen LogP) is 3.64. The molecular weight excluding hydrogens is 402 g/mol. The third kappa shape index (κ3) is 4.64. The summed E-state index contributed by atoms with van der Waals surface area (Å²) in [6.45, 7) is 7.30. The van der Waals surface area contributed by atoms with E-state index in [9.17, 15) is 0 Å². The molecule has 1 aromatic carbocycles. The van der Waals surface area contributed by atoms with E-state index < -0.39 is 0 Å². The lowest BCUT2D eigenvalue weighted by atomic mass is 9.93. The molecule has 2 unspecified atom stereocenters. The van der Waals surface area contributed by atoms with E-state index in [0.29, 0.717) is 35.2 Å². The largest absolute Gasteiger partial charge is 0.357 e. The quantitative estimate of drug-likeness (QED) is 0.494. The van der Waals surface area contributed by atoms with Gasteiger partial charge in [0.1, 0.15) is 6.54 Å². The maximum atomic E-state index is 6.06. The van der Waals surface area contributed by atoms with Crippen LogP contribution in [-0.4, -0.2) is 50.2 Å². The second kappa shape index (κ2) is 9.30. The van der Waals surface area contributed by atoms with Gasteiger partial charge in [-0.1, -0.05) is 35.8 Å². The Hall–Kier alpha value is -2.87. The van der Waals surface area contributed by atoms with Crippen LogP contribution in [0.4, 0.5) is 0 Å². The minimum atomic E-state index is 0.317. The van der Waals surface area contributed by atoms with Crippen molar-refractivity contribution in [2.24, 2.45) is 10.9 Å². The molecule has 4 rings (SSSR count). The first-order valence-corrected chi connectivity index (χ1v) is 10.6. The molecule has 0 radical (unpaired) electrons. The predicted molar refractivity (Wildman–Crippen MR) is 116 cm³/mol. The minimum Gasteiger partial charge on any atom is -0.357 e. The van der Waals surface area contributed by atoms with Gasteiger partial charge in [-0.15, -0.1) is 0 Å². The molecule has 2 atom stereocenters. The van der Waals surface area contributed by atoms with Gasteiger partial charge in [-0.2, -0.15) is 4.98 Å². The third-order valence-electron chi connectivity index (χ3n) is 5.38. The van der Waals surface area contributed by atoms with E-state index >= 15 is 0 Å². The van der Waals surface area contributed by atoms with Crippen LogP contribution in [0, 0.1) is 5.92 Å². The average Bonchev–Trinajstić information content (AvgIpc) is 3.44. The van der Waals surface area contributed by atoms with Gasteiger partial charge in [0.05, 0.1) is 12.4 Å². The van der Waals surface area contributed by atoms with Gasteiger partial charge in [0.25, 0.3) is 0 Å². The molecule has 0 saturated carbocycles. The monoisotopic (exact) mass is 427 g/mol. The average molecular weight is 428 g/mol. The summed E-state index contributed by atoms with van der Waals surface area (Å²) in [5.74, 6) is 2.42. The SMILES string of the molecule is CCNC(=NCc1nc(-c2cccc(Cl)c2)no1)N1CCC(C)C(n2ccnc2)C1. The molecule has 8 nitrogen and oxygen atoms in total. The first-order chi connectivity index (χ1) is 14.6. The number of aliphatic imine (C=N–C) groups is 1. The van der Waals surface area contributed by atoms with E-state index in [0.717, 1.165) is 37.6 Å². The molecule has 0 bridgehead atoms. The summed E-state index contributed by atoms with van der Waals surface area (Å²) in [4.78, 5) is 15.7. The number of nitrogens with one attached hydrogen (secondary N) is 1. The van der Waals surface area contributed by atoms with E-state index in [1.807, 2.05) is 43.0 Å². The molecule has 3 heterocycles. The second-order valence-electron chi connectivity index (χ2n) is 7.48. The summed E-state index contributed by atoms with van der Waals surface area (Å²) in [6, 6.07) is 7.76. The van der Waals surface area contributed by atoms with Crippen LogP contribution >= 0.6 is 11.6 Å². The zero-order chi connectivity index (χ0) is 20.9. The van der Waals surface area contributed by atoms with Crippen LogP contribution in [0.25, 0.3) is 11.4 Å². The molecule has 1 aliphatic heterocycles. The molecule has 158 valence electrons. The first-order valence-electron chi connectivity index (χ1n) is 10.2. The van der Waals surface area contributed by atoms with Crippen LogP contribution < -0.4 is 5.32 Å². The van der Waals surface area contributed by atoms with Gasteiger partial charge in [0.2, 0.25) is 11.7 Å². The molecule has 1 fully saturated rings. The summed E-state index contributed by atoms with van der Waals surface area (Å²) in [7, 11) is 0. The van der Waals surface area contributed by atoms with Crippen molar-refractivity contribution in [3.63, 3.8) is 0 Å². The highest BCUT2D eigenvalue weighted by atomic mass is 35.5. The Balaban J connectivity index is 1.48. The number of rotatable bonds is 5. The molecule has 0 amide bonds. The van der Waals surface area contributed by atoms with Crippen molar-refractivity contribution in [3.8, 4) is 11.4 Å². The van der Waals surface area contributed by atoms with Crippen molar-refractivity contribution in [1.29, 1.82) is 0 Å². The van der Waals surface area contributed by atoms with Crippen molar-refractivity contribution in [2.75, 3.05) is 19.6 Å². The lowest BCUT2D eigenvalue weighted by molar-refractivity contribution is 0.189. The summed E-state index contributed by atoms with van der Waals surface area (Å²) in [6.07, 6.45) is 6.85. The number of nitrogens with zero attached hydrogens (tertiary/aromatic N) is 6. The molecular formula is C21H26ClN7O. The smallest absolute Gasteiger partial charge is 0.248 e. The Morgan fingerprint density at radius 2 is 2.30 bits per heavy atom. The minimum absolute atomic E-state index is 0.317. The fraction of sp³-hybridized carbons (Fsp3) is 0.429. The van der Waals surface area contributed by atoms with E-state index in [1.165, 1.54) is 0 Å². The van der Waals surface area contributed by atoms with E-state index in [1.54, 1.807) is 0 Å². The van der Waals surface area contributed by atoms with Gasteiger partial charge in [-0.05, 0) is 31.4 Å². The Bertz CT molecular complexity index is 985. The molecule has 1 N–H and O–H groups in total. The summed E-state index contributed by atoms with van der Waals surface area (Å²) in [5, 5.41) is 8.09. The summed E-state index contributed by atoms with van der Waals surface area (Å²) >= 11 is 6.06. The number of piperidine rings is 1. The van der Waals surface area contributed by atoms with Crippen molar-refractivity contribution in [3.05, 3.63) is 53.9 Å². The van der Waals surface area contributed by atoms with Crippen LogP contribution in [-0.2, 0) is 6.54 Å². The van der Waals surface area contributed by atoms with Crippen molar-refractivity contribution in [2.45, 2.75) is 32.9 Å². The van der Waals surface area contributed by atoms with E-state index in [4.69, 9.17) is 21.1 Å². The van der Waals surface area contributed by atoms with Crippen LogP contribution in [0.3, 0.4) is 0 Å². The van der Waals surface area contributed by atoms with Gasteiger partial charge >= 0.3 is 0 Å². The highest BCUT2D eigenvalue weighted by Crippen LogP contribution is 2.27. The Morgan fingerprint density at radius 1 is 1.40 bits per heavy atom. The molecule has 2 aromatic heterocycles. The van der Waals surface area contributed by atoms with Crippen LogP contribution in [0.5, 0.6) is 0 Å². The molecule has 30 heavy (non-hydrogen) atoms. The van der Waals surface area contributed by atoms with Crippen molar-refractivity contribution in [1.82, 2.24) is 29.9 Å². The number of imidazole rings is 1. The van der Waals surface area contributed by atoms with Gasteiger partial charge < -0.3 is 19.3 Å². The lowest BCUT2D eigenvalue weighted by Gasteiger charge is -2.39. The highest BCUT2D eigenvalue weighted by molar-refractivity contribution is 6.30. The fourth-order valence-corrected chi connectivity index (χ4v) is 3.92. The standard InChI is InChI=1S/C21H26ClN7O/c1-3-24-21(28-9-7-15(2)18(13-28)29-10-8-23-14-29)25-12-19-26-20(27-30-19)16-5-4-6-17(22)11-16/h4-6,8,10-11,14-15,18H,3,7,9,12-13H2,1-2H3,(H,24,25). The van der Waals surface area contributed by atoms with Crippen LogP contribution in [0.2, 0.25) is 5.02 Å². The van der Waals surface area contributed by atoms with E-state index in [2.05, 4.69) is 43.8 Å². The maximum absolute atomic E-state index is 6.06. The van der Waals surface area contributed by atoms with Crippen molar-refractivity contribution >= 4 is 17.6 Å². The molecule has 1 aliphatic rings. The van der Waals surface area contributed by atoms with Gasteiger partial charge in [-0.3, -0.25) is 0 Å². The van der Waals surface area contributed by atoms with Crippen LogP contribution in [0.15, 0.2) is 52.5 Å². The summed E-state index contributed by atoms with van der Waals surface area (Å²) < 4.78 is 7.59. The number of hydrogen-bond donors (Lipinski definition) is 1. The van der Waals surface area contributed by atoms with Gasteiger partial charge in [-0.25, -0.2) is 9.98 Å².